The summed E-state index contributed by atoms with van der Waals surface area (Å²) < 4.78 is 7.37. The van der Waals surface area contributed by atoms with E-state index in [9.17, 15) is 0 Å². The van der Waals surface area contributed by atoms with Gasteiger partial charge in [-0.25, -0.2) is 4.98 Å². The number of imidazole rings is 1. The predicted molar refractivity (Wildman–Crippen MR) is 85.9 cm³/mol. The molecule has 2 aromatic carbocycles. The lowest BCUT2D eigenvalue weighted by Crippen LogP contribution is -2.06. The number of hydrogen-bond donors (Lipinski definition) is 1. The topological polar surface area (TPSA) is 53.1 Å². The summed E-state index contributed by atoms with van der Waals surface area (Å²) in [5.74, 6) is 1.39. The Kier molecular flexibility index (Phi) is 3.71. The summed E-state index contributed by atoms with van der Waals surface area (Å²) in [4.78, 5) is 4.35. The van der Waals surface area contributed by atoms with Gasteiger partial charge in [0, 0.05) is 11.6 Å². The van der Waals surface area contributed by atoms with Crippen molar-refractivity contribution in [3.8, 4) is 5.75 Å². The number of fused-ring (bicyclic) bond motifs is 1. The Balaban J connectivity index is 1.90. The van der Waals surface area contributed by atoms with Crippen molar-refractivity contribution < 1.29 is 4.74 Å². The summed E-state index contributed by atoms with van der Waals surface area (Å²) in [5, 5.41) is 0.664. The van der Waals surface area contributed by atoms with Gasteiger partial charge in [-0.15, -0.1) is 0 Å². The minimum atomic E-state index is 0.502. The number of anilines is 1. The van der Waals surface area contributed by atoms with Crippen LogP contribution in [0.15, 0.2) is 42.5 Å². The molecule has 0 unspecified atom stereocenters. The maximum atomic E-state index is 6.02. The molecule has 4 nitrogen and oxygen atoms in total. The van der Waals surface area contributed by atoms with E-state index in [1.165, 1.54) is 0 Å². The molecule has 5 heteroatoms. The van der Waals surface area contributed by atoms with Gasteiger partial charge in [-0.05, 0) is 36.2 Å². The van der Waals surface area contributed by atoms with Crippen molar-refractivity contribution in [2.75, 3.05) is 12.8 Å². The van der Waals surface area contributed by atoms with E-state index in [4.69, 9.17) is 22.1 Å². The molecule has 0 aliphatic heterocycles. The van der Waals surface area contributed by atoms with E-state index in [1.807, 2.05) is 41.0 Å². The minimum Gasteiger partial charge on any atom is -0.496 e. The van der Waals surface area contributed by atoms with Gasteiger partial charge in [0.25, 0.3) is 0 Å². The number of benzene rings is 2. The Morgan fingerprint density at radius 1 is 1.24 bits per heavy atom. The van der Waals surface area contributed by atoms with Crippen LogP contribution in [0.5, 0.6) is 5.75 Å². The van der Waals surface area contributed by atoms with Gasteiger partial charge in [-0.2, -0.15) is 0 Å². The van der Waals surface area contributed by atoms with Crippen molar-refractivity contribution in [1.29, 1.82) is 0 Å². The molecule has 0 amide bonds. The molecule has 3 aromatic rings. The van der Waals surface area contributed by atoms with Gasteiger partial charge in [0.1, 0.15) is 5.75 Å². The minimum absolute atomic E-state index is 0.502. The second-order valence-electron chi connectivity index (χ2n) is 4.82. The van der Waals surface area contributed by atoms with Crippen molar-refractivity contribution in [1.82, 2.24) is 9.55 Å². The van der Waals surface area contributed by atoms with Crippen LogP contribution in [0.25, 0.3) is 11.0 Å². The second kappa shape index (κ2) is 5.66. The number of nitrogen functional groups attached to an aromatic ring is 1. The van der Waals surface area contributed by atoms with Crippen molar-refractivity contribution >= 4 is 28.6 Å². The number of nitrogens with two attached hydrogens (primary N) is 1. The predicted octanol–water partition coefficient (Wildman–Crippen LogP) is 3.52. The highest BCUT2D eigenvalue weighted by atomic mass is 35.5. The van der Waals surface area contributed by atoms with Crippen LogP contribution in [-0.2, 0) is 13.0 Å². The average Bonchev–Trinajstić information content (AvgIpc) is 2.80. The zero-order chi connectivity index (χ0) is 14.8. The van der Waals surface area contributed by atoms with Crippen molar-refractivity contribution in [3.05, 3.63) is 53.1 Å². The Labute approximate surface area is 128 Å². The van der Waals surface area contributed by atoms with E-state index in [2.05, 4.69) is 11.1 Å². The number of ether oxygens (including phenoxy) is 1. The molecule has 3 rings (SSSR count). The molecule has 0 saturated carbocycles. The number of para-hydroxylation sites is 1. The lowest BCUT2D eigenvalue weighted by atomic mass is 10.1. The molecule has 0 radical (unpaired) electrons. The summed E-state index contributed by atoms with van der Waals surface area (Å²) >= 11 is 5.99. The van der Waals surface area contributed by atoms with Gasteiger partial charge in [0.15, 0.2) is 0 Å². The second-order valence-corrected chi connectivity index (χ2v) is 5.25. The number of nitrogens with zero attached hydrogens (tertiary/aromatic N) is 2. The molecule has 0 aliphatic rings. The molecule has 2 N–H and O–H groups in total. The SMILES string of the molecule is COc1ccccc1CCn1c(N)nc2cc(Cl)ccc21. The summed E-state index contributed by atoms with van der Waals surface area (Å²) in [6, 6.07) is 13.6. The fourth-order valence-electron chi connectivity index (χ4n) is 2.50. The van der Waals surface area contributed by atoms with Crippen LogP contribution in [0.4, 0.5) is 5.95 Å². The zero-order valence-electron chi connectivity index (χ0n) is 11.7. The van der Waals surface area contributed by atoms with Gasteiger partial charge in [-0.3, -0.25) is 0 Å². The highest BCUT2D eigenvalue weighted by molar-refractivity contribution is 6.31. The molecular formula is C16H16ClN3O. The summed E-state index contributed by atoms with van der Waals surface area (Å²) in [6.07, 6.45) is 0.822. The molecule has 0 spiro atoms. The van der Waals surface area contributed by atoms with Gasteiger partial charge in [-0.1, -0.05) is 29.8 Å². The van der Waals surface area contributed by atoms with Crippen LogP contribution in [0.3, 0.4) is 0 Å². The molecule has 0 saturated heterocycles. The lowest BCUT2D eigenvalue weighted by Gasteiger charge is -2.10. The monoisotopic (exact) mass is 301 g/mol. The van der Waals surface area contributed by atoms with Crippen molar-refractivity contribution in [3.63, 3.8) is 0 Å². The number of hydrogen-bond acceptors (Lipinski definition) is 3. The first-order valence-corrected chi connectivity index (χ1v) is 7.10. The highest BCUT2D eigenvalue weighted by Gasteiger charge is 2.09. The standard InChI is InChI=1S/C16H16ClN3O/c1-21-15-5-3-2-4-11(15)8-9-20-14-7-6-12(17)10-13(14)19-16(20)18/h2-7,10H,8-9H2,1H3,(H2,18,19). The van der Waals surface area contributed by atoms with Crippen LogP contribution in [0.1, 0.15) is 5.56 Å². The molecular weight excluding hydrogens is 286 g/mol. The fourth-order valence-corrected chi connectivity index (χ4v) is 2.66. The first-order valence-electron chi connectivity index (χ1n) is 6.72. The molecule has 108 valence electrons. The van der Waals surface area contributed by atoms with E-state index in [0.717, 1.165) is 35.3 Å². The summed E-state index contributed by atoms with van der Waals surface area (Å²) in [5.41, 5.74) is 8.98. The van der Waals surface area contributed by atoms with E-state index >= 15 is 0 Å². The number of halogens is 1. The molecule has 1 heterocycles. The average molecular weight is 302 g/mol. The Morgan fingerprint density at radius 2 is 2.05 bits per heavy atom. The van der Waals surface area contributed by atoms with Gasteiger partial charge in [0.2, 0.25) is 5.95 Å². The van der Waals surface area contributed by atoms with Gasteiger partial charge >= 0.3 is 0 Å². The first-order chi connectivity index (χ1) is 10.2. The third-order valence-corrected chi connectivity index (χ3v) is 3.77. The van der Waals surface area contributed by atoms with Crippen LogP contribution < -0.4 is 10.5 Å². The number of methoxy groups -OCH3 is 1. The van der Waals surface area contributed by atoms with Crippen molar-refractivity contribution in [2.45, 2.75) is 13.0 Å². The molecule has 0 aliphatic carbocycles. The normalized spacial score (nSPS) is 11.0. The Morgan fingerprint density at radius 3 is 2.86 bits per heavy atom. The maximum Gasteiger partial charge on any atom is 0.201 e. The van der Waals surface area contributed by atoms with Crippen LogP contribution in [0, 0.1) is 0 Å². The summed E-state index contributed by atoms with van der Waals surface area (Å²) in [7, 11) is 1.68. The fraction of sp³-hybridized carbons (Fsp3) is 0.188. The Bertz CT molecular complexity index is 782. The first kappa shape index (κ1) is 13.8. The highest BCUT2D eigenvalue weighted by Crippen LogP contribution is 2.23. The molecule has 1 aromatic heterocycles. The van der Waals surface area contributed by atoms with Crippen LogP contribution >= 0.6 is 11.6 Å². The van der Waals surface area contributed by atoms with Crippen LogP contribution in [-0.4, -0.2) is 16.7 Å². The number of aromatic nitrogens is 2. The van der Waals surface area contributed by atoms with Gasteiger partial charge in [0.05, 0.1) is 18.1 Å². The van der Waals surface area contributed by atoms with Crippen LogP contribution in [0.2, 0.25) is 5.02 Å². The molecule has 0 atom stereocenters. The maximum absolute atomic E-state index is 6.02. The lowest BCUT2D eigenvalue weighted by molar-refractivity contribution is 0.408. The van der Waals surface area contributed by atoms with E-state index in [-0.39, 0.29) is 0 Å². The molecule has 0 fully saturated rings. The quantitative estimate of drug-likeness (QED) is 0.802. The molecule has 0 bridgehead atoms. The third-order valence-electron chi connectivity index (χ3n) is 3.54. The number of rotatable bonds is 4. The van der Waals surface area contributed by atoms with Gasteiger partial charge < -0.3 is 15.0 Å². The van der Waals surface area contributed by atoms with E-state index in [0.29, 0.717) is 11.0 Å². The van der Waals surface area contributed by atoms with E-state index in [1.54, 1.807) is 7.11 Å². The van der Waals surface area contributed by atoms with E-state index < -0.39 is 0 Å². The molecule has 21 heavy (non-hydrogen) atoms. The Hall–Kier alpha value is -2.20. The van der Waals surface area contributed by atoms with Crippen molar-refractivity contribution in [2.24, 2.45) is 0 Å². The number of aryl methyl sites for hydroxylation is 2. The third kappa shape index (κ3) is 2.67. The summed E-state index contributed by atoms with van der Waals surface area (Å²) in [6.45, 7) is 0.740. The largest absolute Gasteiger partial charge is 0.496 e. The zero-order valence-corrected chi connectivity index (χ0v) is 12.5. The smallest absolute Gasteiger partial charge is 0.201 e.